The number of aryl methyl sites for hydroxylation is 1. The Balaban J connectivity index is 1.23. The van der Waals surface area contributed by atoms with Crippen LogP contribution < -0.4 is 15.4 Å². The lowest BCUT2D eigenvalue weighted by Gasteiger charge is -2.43. The number of hydrogen-bond acceptors (Lipinski definition) is 8. The molecule has 0 bridgehead atoms. The molecule has 2 aromatic rings. The number of nitriles is 1. The van der Waals surface area contributed by atoms with E-state index in [1.54, 1.807) is 0 Å². The summed E-state index contributed by atoms with van der Waals surface area (Å²) in [7, 11) is 0. The third kappa shape index (κ3) is 6.21. The lowest BCUT2D eigenvalue weighted by Crippen LogP contribution is -2.40. The highest BCUT2D eigenvalue weighted by Crippen LogP contribution is 2.46. The third-order valence-electron chi connectivity index (χ3n) is 9.86. The molecule has 4 heterocycles. The molecule has 0 radical (unpaired) electrons. The van der Waals surface area contributed by atoms with Crippen molar-refractivity contribution in [3.63, 3.8) is 0 Å². The van der Waals surface area contributed by atoms with E-state index in [2.05, 4.69) is 34.9 Å². The molecule has 2 saturated heterocycles. The number of aromatic nitrogens is 2. The highest BCUT2D eigenvalue weighted by Gasteiger charge is 2.43. The number of alkyl halides is 1. The van der Waals surface area contributed by atoms with Crippen LogP contribution in [0.2, 0.25) is 0 Å². The first-order valence-corrected chi connectivity index (χ1v) is 15.9. The van der Waals surface area contributed by atoms with Gasteiger partial charge >= 0.3 is 6.01 Å². The lowest BCUT2D eigenvalue weighted by atomic mass is 9.74. The molecule has 226 valence electrons. The quantitative estimate of drug-likeness (QED) is 0.326. The van der Waals surface area contributed by atoms with Crippen LogP contribution >= 0.6 is 0 Å². The number of halogens is 1. The van der Waals surface area contributed by atoms with Crippen molar-refractivity contribution in [2.45, 2.75) is 95.9 Å². The Morgan fingerprint density at radius 1 is 1.12 bits per heavy atom. The van der Waals surface area contributed by atoms with Gasteiger partial charge in [0.15, 0.2) is 0 Å². The van der Waals surface area contributed by atoms with Crippen LogP contribution in [0.4, 0.5) is 15.9 Å². The monoisotopic (exact) mass is 576 g/mol. The van der Waals surface area contributed by atoms with E-state index in [4.69, 9.17) is 25.2 Å². The van der Waals surface area contributed by atoms with Crippen molar-refractivity contribution in [3.8, 4) is 12.1 Å². The Hall–Kier alpha value is -2.96. The van der Waals surface area contributed by atoms with Gasteiger partial charge in [-0.25, -0.2) is 4.39 Å². The summed E-state index contributed by atoms with van der Waals surface area (Å²) in [6, 6.07) is 9.07. The van der Waals surface area contributed by atoms with Crippen LogP contribution in [-0.4, -0.2) is 60.4 Å². The summed E-state index contributed by atoms with van der Waals surface area (Å²) in [5, 5.41) is 9.78. The Labute approximate surface area is 249 Å². The van der Waals surface area contributed by atoms with Gasteiger partial charge in [-0.15, -0.1) is 0 Å². The maximum Gasteiger partial charge on any atom is 0.318 e. The Bertz CT molecular complexity index is 1310. The zero-order chi connectivity index (χ0) is 29.2. The van der Waals surface area contributed by atoms with Crippen LogP contribution in [0.25, 0.3) is 0 Å². The molecule has 2 N–H and O–H groups in total. The van der Waals surface area contributed by atoms with Crippen molar-refractivity contribution >= 4 is 11.5 Å². The van der Waals surface area contributed by atoms with Crippen molar-refractivity contribution in [2.75, 3.05) is 50.0 Å². The second-order valence-corrected chi connectivity index (χ2v) is 13.1. The fourth-order valence-corrected chi connectivity index (χ4v) is 7.32. The van der Waals surface area contributed by atoms with Gasteiger partial charge in [-0.05, 0) is 107 Å². The minimum Gasteiger partial charge on any atom is -0.463 e. The summed E-state index contributed by atoms with van der Waals surface area (Å²) in [4.78, 5) is 14.4. The molecule has 0 amide bonds. The molecule has 1 spiro atoms. The predicted octanol–water partition coefficient (Wildman–Crippen LogP) is 5.48. The summed E-state index contributed by atoms with van der Waals surface area (Å²) in [6.07, 6.45) is 8.80. The van der Waals surface area contributed by atoms with Gasteiger partial charge in [0.05, 0.1) is 36.0 Å². The van der Waals surface area contributed by atoms with Gasteiger partial charge in [0.1, 0.15) is 12.0 Å². The maximum absolute atomic E-state index is 14.6. The van der Waals surface area contributed by atoms with Gasteiger partial charge in [-0.3, -0.25) is 0 Å². The minimum atomic E-state index is -0.839. The third-order valence-corrected chi connectivity index (χ3v) is 9.86. The number of fused-ring (bicyclic) bond motifs is 3. The highest BCUT2D eigenvalue weighted by atomic mass is 19.1. The van der Waals surface area contributed by atoms with Gasteiger partial charge < -0.3 is 25.0 Å². The first-order valence-electron chi connectivity index (χ1n) is 15.9. The number of rotatable bonds is 8. The molecule has 0 saturated carbocycles. The van der Waals surface area contributed by atoms with E-state index in [-0.39, 0.29) is 5.41 Å². The van der Waals surface area contributed by atoms with Crippen molar-refractivity contribution in [1.82, 2.24) is 14.9 Å². The van der Waals surface area contributed by atoms with Crippen molar-refractivity contribution in [1.29, 1.82) is 5.26 Å². The molecule has 3 unspecified atom stereocenters. The molecular weight excluding hydrogens is 531 g/mol. The first kappa shape index (κ1) is 29.1. The standard InChI is InChI=1S/C33H45FN6O2/c1-32(23-35)11-6-16-40(17-13-32)30-27-22-42-33(12-4-7-24-9-10-26(36)19-28(24)33)20-29(27)37-31(38-30)41-18-5-8-25(34)21-39-14-2-3-15-39/h9-10,19,25H,2-8,11-18,20-22,36H2,1H3. The summed E-state index contributed by atoms with van der Waals surface area (Å²) >= 11 is 0. The topological polar surface area (TPSA) is 101 Å². The minimum absolute atomic E-state index is 0.328. The van der Waals surface area contributed by atoms with Crippen LogP contribution in [0.1, 0.15) is 87.1 Å². The van der Waals surface area contributed by atoms with Gasteiger partial charge in [0.25, 0.3) is 0 Å². The second kappa shape index (κ2) is 12.3. The number of benzene rings is 1. The van der Waals surface area contributed by atoms with Crippen LogP contribution in [0.15, 0.2) is 18.2 Å². The highest BCUT2D eigenvalue weighted by molar-refractivity contribution is 5.54. The Morgan fingerprint density at radius 2 is 1.98 bits per heavy atom. The second-order valence-electron chi connectivity index (χ2n) is 13.1. The number of hydrogen-bond donors (Lipinski definition) is 1. The van der Waals surface area contributed by atoms with E-state index < -0.39 is 11.8 Å². The average Bonchev–Trinajstić information content (AvgIpc) is 3.42. The first-order chi connectivity index (χ1) is 20.4. The largest absolute Gasteiger partial charge is 0.463 e. The summed E-state index contributed by atoms with van der Waals surface area (Å²) in [6.45, 7) is 6.97. The molecule has 2 fully saturated rings. The van der Waals surface area contributed by atoms with Crippen molar-refractivity contribution in [2.24, 2.45) is 5.41 Å². The van der Waals surface area contributed by atoms with Gasteiger partial charge in [0, 0.05) is 37.3 Å². The lowest BCUT2D eigenvalue weighted by molar-refractivity contribution is -0.0855. The zero-order valence-corrected chi connectivity index (χ0v) is 25.0. The normalized spacial score (nSPS) is 26.7. The van der Waals surface area contributed by atoms with Gasteiger partial charge in [-0.1, -0.05) is 6.07 Å². The van der Waals surface area contributed by atoms with Crippen LogP contribution in [0.5, 0.6) is 6.01 Å². The smallest absolute Gasteiger partial charge is 0.318 e. The number of likely N-dealkylation sites (tertiary alicyclic amines) is 1. The summed E-state index contributed by atoms with van der Waals surface area (Å²) in [5.74, 6) is 0.855. The molecule has 1 aromatic carbocycles. The van der Waals surface area contributed by atoms with Crippen LogP contribution in [0, 0.1) is 16.7 Å². The molecule has 4 aliphatic rings. The van der Waals surface area contributed by atoms with Gasteiger partial charge in [0.2, 0.25) is 0 Å². The molecule has 3 aliphatic heterocycles. The van der Waals surface area contributed by atoms with E-state index in [9.17, 15) is 9.65 Å². The number of nitrogens with zero attached hydrogens (tertiary/aromatic N) is 5. The van der Waals surface area contributed by atoms with E-state index in [0.29, 0.717) is 45.0 Å². The average molecular weight is 577 g/mol. The number of nitrogen functional groups attached to an aromatic ring is 1. The molecule has 6 rings (SSSR count). The molecule has 8 nitrogen and oxygen atoms in total. The van der Waals surface area contributed by atoms with Gasteiger partial charge in [-0.2, -0.15) is 15.2 Å². The summed E-state index contributed by atoms with van der Waals surface area (Å²) < 4.78 is 27.5. The van der Waals surface area contributed by atoms with E-state index in [0.717, 1.165) is 87.5 Å². The fraction of sp³-hybridized carbons (Fsp3) is 0.667. The Morgan fingerprint density at radius 3 is 2.81 bits per heavy atom. The molecule has 3 atom stereocenters. The fourth-order valence-electron chi connectivity index (χ4n) is 7.32. The molecule has 9 heteroatoms. The SMILES string of the molecule is CC1(C#N)CCCN(c2nc(OCCCC(F)CN3CCCC3)nc3c2COC2(CCCc4ccc(N)cc42)C3)CC1. The molecular formula is C33H45FN6O2. The van der Waals surface area contributed by atoms with E-state index in [1.807, 2.05) is 6.07 Å². The number of anilines is 2. The molecule has 1 aromatic heterocycles. The van der Waals surface area contributed by atoms with Crippen molar-refractivity contribution < 1.29 is 13.9 Å². The van der Waals surface area contributed by atoms with E-state index >= 15 is 0 Å². The summed E-state index contributed by atoms with van der Waals surface area (Å²) in [5.41, 5.74) is 10.6. The maximum atomic E-state index is 14.6. The molecule has 1 aliphatic carbocycles. The van der Waals surface area contributed by atoms with Crippen LogP contribution in [-0.2, 0) is 29.8 Å². The van der Waals surface area contributed by atoms with Crippen LogP contribution in [0.3, 0.4) is 0 Å². The zero-order valence-electron chi connectivity index (χ0n) is 25.0. The number of ether oxygens (including phenoxy) is 2. The number of nitrogens with two attached hydrogens (primary N) is 1. The molecule has 42 heavy (non-hydrogen) atoms. The van der Waals surface area contributed by atoms with E-state index in [1.165, 1.54) is 24.0 Å². The van der Waals surface area contributed by atoms with Crippen molar-refractivity contribution in [3.05, 3.63) is 40.6 Å². The predicted molar refractivity (Wildman–Crippen MR) is 161 cm³/mol. The Kier molecular flexibility index (Phi) is 8.56.